The topological polar surface area (TPSA) is 44.1 Å². The van der Waals surface area contributed by atoms with Crippen LogP contribution in [0, 0.1) is 0 Å². The molecule has 0 unspecified atom stereocenters. The maximum absolute atomic E-state index is 11.5. The van der Waals surface area contributed by atoms with Gasteiger partial charge < -0.3 is 9.30 Å². The number of carbonyl (C=O) groups is 1. The number of carbonyl (C=O) groups excluding carboxylic acids is 1. The summed E-state index contributed by atoms with van der Waals surface area (Å²) in [7, 11) is 0. The smallest absolute Gasteiger partial charge is 0.256 e. The molecule has 2 aromatic carbocycles. The molecule has 1 heterocycles. The van der Waals surface area contributed by atoms with Crippen LogP contribution in [0.2, 0.25) is 0 Å². The van der Waals surface area contributed by atoms with E-state index in [1.54, 1.807) is 30.7 Å². The number of imidazole rings is 1. The van der Waals surface area contributed by atoms with Crippen molar-refractivity contribution in [2.75, 3.05) is 0 Å². The zero-order valence-corrected chi connectivity index (χ0v) is 12.4. The van der Waals surface area contributed by atoms with E-state index in [2.05, 4.69) is 4.98 Å². The molecule has 3 rings (SSSR count). The summed E-state index contributed by atoms with van der Waals surface area (Å²) in [5.74, 6) is 0.454. The van der Waals surface area contributed by atoms with Gasteiger partial charge in [0.2, 0.25) is 0 Å². The second-order valence-electron chi connectivity index (χ2n) is 4.70. The van der Waals surface area contributed by atoms with Crippen LogP contribution < -0.4 is 4.74 Å². The Kier molecular flexibility index (Phi) is 4.21. The van der Waals surface area contributed by atoms with Gasteiger partial charge in [-0.3, -0.25) is 4.79 Å². The largest absolute Gasteiger partial charge is 0.488 e. The van der Waals surface area contributed by atoms with Gasteiger partial charge in [-0.15, -0.1) is 0 Å². The molecule has 0 aliphatic rings. The lowest BCUT2D eigenvalue weighted by Gasteiger charge is -2.12. The van der Waals surface area contributed by atoms with E-state index in [1.165, 1.54) is 0 Å². The molecule has 0 N–H and O–H groups in total. The molecule has 1 aromatic heterocycles. The van der Waals surface area contributed by atoms with Crippen molar-refractivity contribution in [3.05, 3.63) is 78.4 Å². The highest BCUT2D eigenvalue weighted by molar-refractivity contribution is 6.68. The third-order valence-electron chi connectivity index (χ3n) is 3.22. The normalized spacial score (nSPS) is 10.4. The quantitative estimate of drug-likeness (QED) is 0.673. The van der Waals surface area contributed by atoms with E-state index in [9.17, 15) is 4.79 Å². The van der Waals surface area contributed by atoms with Crippen molar-refractivity contribution in [2.45, 2.75) is 6.61 Å². The van der Waals surface area contributed by atoms with Gasteiger partial charge in [-0.2, -0.15) is 0 Å². The first-order valence-electron chi connectivity index (χ1n) is 6.73. The van der Waals surface area contributed by atoms with Crippen LogP contribution in [-0.2, 0) is 6.61 Å². The highest BCUT2D eigenvalue weighted by atomic mass is 35.5. The molecule has 110 valence electrons. The van der Waals surface area contributed by atoms with Gasteiger partial charge in [0.05, 0.1) is 17.6 Å². The molecule has 0 fully saturated rings. The van der Waals surface area contributed by atoms with Crippen molar-refractivity contribution in [3.8, 4) is 11.4 Å². The molecule has 0 aliphatic heterocycles. The minimum atomic E-state index is -0.541. The maximum Gasteiger partial charge on any atom is 0.256 e. The maximum atomic E-state index is 11.5. The Morgan fingerprint density at radius 2 is 2.00 bits per heavy atom. The summed E-state index contributed by atoms with van der Waals surface area (Å²) in [6.07, 6.45) is 5.18. The molecule has 4 nitrogen and oxygen atoms in total. The summed E-state index contributed by atoms with van der Waals surface area (Å²) in [5.41, 5.74) is 2.21. The number of halogens is 1. The van der Waals surface area contributed by atoms with Gasteiger partial charge in [-0.1, -0.05) is 30.3 Å². The Bertz CT molecular complexity index is 771. The second-order valence-corrected chi connectivity index (χ2v) is 5.04. The van der Waals surface area contributed by atoms with E-state index in [4.69, 9.17) is 16.3 Å². The molecule has 5 heteroatoms. The molecule has 0 saturated heterocycles. The molecular weight excluding hydrogens is 300 g/mol. The Balaban J connectivity index is 1.89. The fourth-order valence-electron chi connectivity index (χ4n) is 2.10. The van der Waals surface area contributed by atoms with Gasteiger partial charge in [-0.05, 0) is 29.3 Å². The Morgan fingerprint density at radius 1 is 1.18 bits per heavy atom. The minimum absolute atomic E-state index is 0.349. The molecule has 22 heavy (non-hydrogen) atoms. The molecular formula is C17H13ClN2O2. The first-order chi connectivity index (χ1) is 10.7. The lowest BCUT2D eigenvalue weighted by atomic mass is 10.2. The molecule has 0 amide bonds. The molecule has 0 atom stereocenters. The van der Waals surface area contributed by atoms with Crippen LogP contribution in [0.25, 0.3) is 5.69 Å². The number of benzene rings is 2. The zero-order chi connectivity index (χ0) is 15.4. The van der Waals surface area contributed by atoms with Crippen molar-refractivity contribution < 1.29 is 9.53 Å². The average Bonchev–Trinajstić information content (AvgIpc) is 3.08. The van der Waals surface area contributed by atoms with Gasteiger partial charge in [0.15, 0.2) is 0 Å². The standard InChI is InChI=1S/C17H13ClN2O2/c18-17(21)15-7-6-14(20-9-8-19-12-20)10-16(15)22-11-13-4-2-1-3-5-13/h1-10,12H,11H2. The van der Waals surface area contributed by atoms with Crippen molar-refractivity contribution in [1.82, 2.24) is 9.55 Å². The van der Waals surface area contributed by atoms with E-state index in [1.807, 2.05) is 41.1 Å². The van der Waals surface area contributed by atoms with Crippen LogP contribution >= 0.6 is 11.6 Å². The van der Waals surface area contributed by atoms with E-state index in [-0.39, 0.29) is 0 Å². The summed E-state index contributed by atoms with van der Waals surface area (Å²) in [4.78, 5) is 15.6. The molecule has 3 aromatic rings. The predicted molar refractivity (Wildman–Crippen MR) is 84.5 cm³/mol. The van der Waals surface area contributed by atoms with E-state index in [0.29, 0.717) is 17.9 Å². The highest BCUT2D eigenvalue weighted by Gasteiger charge is 2.12. The molecule has 0 aliphatic carbocycles. The fourth-order valence-corrected chi connectivity index (χ4v) is 2.26. The predicted octanol–water partition coefficient (Wildman–Crippen LogP) is 3.83. The second kappa shape index (κ2) is 6.45. The summed E-state index contributed by atoms with van der Waals surface area (Å²) >= 11 is 5.63. The number of nitrogens with zero attached hydrogens (tertiary/aromatic N) is 2. The van der Waals surface area contributed by atoms with Crippen LogP contribution in [0.3, 0.4) is 0 Å². The molecule has 0 radical (unpaired) electrons. The van der Waals surface area contributed by atoms with Crippen LogP contribution in [0.4, 0.5) is 0 Å². The third kappa shape index (κ3) is 3.18. The Labute approximate surface area is 132 Å². The first kappa shape index (κ1) is 14.4. The monoisotopic (exact) mass is 312 g/mol. The van der Waals surface area contributed by atoms with Crippen molar-refractivity contribution in [1.29, 1.82) is 0 Å². The number of hydrogen-bond donors (Lipinski definition) is 0. The number of aromatic nitrogens is 2. The number of ether oxygens (including phenoxy) is 1. The van der Waals surface area contributed by atoms with E-state index in [0.717, 1.165) is 11.3 Å². The average molecular weight is 313 g/mol. The van der Waals surface area contributed by atoms with Gasteiger partial charge in [0.25, 0.3) is 5.24 Å². The van der Waals surface area contributed by atoms with Gasteiger partial charge >= 0.3 is 0 Å². The SMILES string of the molecule is O=C(Cl)c1ccc(-n2ccnc2)cc1OCc1ccccc1. The van der Waals surface area contributed by atoms with Crippen molar-refractivity contribution in [3.63, 3.8) is 0 Å². The summed E-state index contributed by atoms with van der Waals surface area (Å²) in [6, 6.07) is 15.0. The third-order valence-corrected chi connectivity index (χ3v) is 3.42. The Morgan fingerprint density at radius 3 is 2.68 bits per heavy atom. The highest BCUT2D eigenvalue weighted by Crippen LogP contribution is 2.25. The first-order valence-corrected chi connectivity index (χ1v) is 7.11. The summed E-state index contributed by atoms with van der Waals surface area (Å²) < 4.78 is 7.62. The van der Waals surface area contributed by atoms with Crippen LogP contribution in [0.15, 0.2) is 67.3 Å². The van der Waals surface area contributed by atoms with Gasteiger partial charge in [0.1, 0.15) is 12.4 Å². The summed E-state index contributed by atoms with van der Waals surface area (Å²) in [6.45, 7) is 0.366. The van der Waals surface area contributed by atoms with Crippen LogP contribution in [0.1, 0.15) is 15.9 Å². The number of hydrogen-bond acceptors (Lipinski definition) is 3. The van der Waals surface area contributed by atoms with Crippen LogP contribution in [0.5, 0.6) is 5.75 Å². The van der Waals surface area contributed by atoms with Gasteiger partial charge in [0, 0.05) is 18.5 Å². The Hall–Kier alpha value is -2.59. The number of rotatable bonds is 5. The minimum Gasteiger partial charge on any atom is -0.488 e. The van der Waals surface area contributed by atoms with Crippen molar-refractivity contribution in [2.24, 2.45) is 0 Å². The van der Waals surface area contributed by atoms with E-state index < -0.39 is 5.24 Å². The zero-order valence-electron chi connectivity index (χ0n) is 11.6. The lowest BCUT2D eigenvalue weighted by Crippen LogP contribution is -2.02. The van der Waals surface area contributed by atoms with Crippen molar-refractivity contribution >= 4 is 16.8 Å². The fraction of sp³-hybridized carbons (Fsp3) is 0.0588. The van der Waals surface area contributed by atoms with Crippen LogP contribution in [-0.4, -0.2) is 14.8 Å². The molecule has 0 bridgehead atoms. The van der Waals surface area contributed by atoms with E-state index >= 15 is 0 Å². The summed E-state index contributed by atoms with van der Waals surface area (Å²) in [5, 5.41) is -0.541. The lowest BCUT2D eigenvalue weighted by molar-refractivity contribution is 0.107. The van der Waals surface area contributed by atoms with Gasteiger partial charge in [-0.25, -0.2) is 4.98 Å². The molecule has 0 spiro atoms. The molecule has 0 saturated carbocycles.